The average molecular weight is 459 g/mol. The number of rotatable bonds is 4. The minimum atomic E-state index is -5.84. The molecule has 0 radical (unpaired) electrons. The van der Waals surface area contributed by atoms with Crippen LogP contribution in [0.3, 0.4) is 0 Å². The van der Waals surface area contributed by atoms with Crippen molar-refractivity contribution in [2.75, 3.05) is 7.11 Å². The highest BCUT2D eigenvalue weighted by molar-refractivity contribution is 7.86. The third-order valence-corrected chi connectivity index (χ3v) is 4.53. The predicted octanol–water partition coefficient (Wildman–Crippen LogP) is 5.46. The smallest absolute Gasteiger partial charge is 0.497 e. The summed E-state index contributed by atoms with van der Waals surface area (Å²) in [6, 6.07) is 27.4. The Labute approximate surface area is 180 Å². The third kappa shape index (κ3) is 7.40. The molecule has 0 spiro atoms. The van der Waals surface area contributed by atoms with E-state index >= 15 is 0 Å². The molecule has 162 valence electrons. The molecule has 0 saturated carbocycles. The van der Waals surface area contributed by atoms with Gasteiger partial charge >= 0.3 is 15.6 Å². The maximum atomic E-state index is 10.7. The van der Waals surface area contributed by atoms with Crippen molar-refractivity contribution in [2.45, 2.75) is 11.9 Å². The van der Waals surface area contributed by atoms with E-state index < -0.39 is 15.6 Å². The first-order valence-electron chi connectivity index (χ1n) is 8.42. The molecule has 0 fully saturated rings. The van der Waals surface area contributed by atoms with Crippen molar-refractivity contribution in [3.05, 3.63) is 90.0 Å². The first kappa shape index (κ1) is 25.5. The number of methoxy groups -OCH3 is 1. The van der Waals surface area contributed by atoms with Gasteiger partial charge in [-0.2, -0.15) is 35.1 Å². The van der Waals surface area contributed by atoms with E-state index in [4.69, 9.17) is 17.7 Å². The summed E-state index contributed by atoms with van der Waals surface area (Å²) in [6.07, 6.45) is 0.926. The molecule has 30 heavy (non-hydrogen) atoms. The monoisotopic (exact) mass is 458 g/mol. The number of hydrogen-bond acceptors (Lipinski definition) is 3. The van der Waals surface area contributed by atoms with Crippen molar-refractivity contribution < 1.29 is 30.9 Å². The van der Waals surface area contributed by atoms with Crippen LogP contribution in [-0.4, -0.2) is 25.6 Å². The summed E-state index contributed by atoms with van der Waals surface area (Å²) < 4.78 is 62.8. The lowest BCUT2D eigenvalue weighted by Crippen LogP contribution is -2.21. The zero-order chi connectivity index (χ0) is 21.5. The third-order valence-electron chi connectivity index (χ3n) is 3.95. The molecule has 4 nitrogen and oxygen atoms in total. The van der Waals surface area contributed by atoms with Gasteiger partial charge in [0.2, 0.25) is 0 Å². The van der Waals surface area contributed by atoms with Gasteiger partial charge in [-0.25, -0.2) is 0 Å². The normalized spacial score (nSPS) is 11.0. The van der Waals surface area contributed by atoms with Gasteiger partial charge in [-0.05, 0) is 40.8 Å². The van der Waals surface area contributed by atoms with Crippen molar-refractivity contribution in [3.63, 3.8) is 0 Å². The van der Waals surface area contributed by atoms with E-state index in [0.29, 0.717) is 0 Å². The van der Waals surface area contributed by atoms with Crippen molar-refractivity contribution in [1.82, 2.24) is 0 Å². The molecule has 0 amide bonds. The van der Waals surface area contributed by atoms with Gasteiger partial charge in [-0.1, -0.05) is 66.7 Å². The van der Waals surface area contributed by atoms with Crippen LogP contribution < -0.4 is 4.74 Å². The molecule has 0 aliphatic carbocycles. The maximum Gasteiger partial charge on any atom is 0.522 e. The highest BCUT2D eigenvalue weighted by Gasteiger charge is 2.44. The molecule has 3 rings (SSSR count). The van der Waals surface area contributed by atoms with E-state index in [1.54, 1.807) is 7.11 Å². The number of benzene rings is 3. The summed E-state index contributed by atoms with van der Waals surface area (Å²) >= 11 is 0. The lowest BCUT2D eigenvalue weighted by molar-refractivity contribution is -0.0510. The number of halogens is 3. The largest absolute Gasteiger partial charge is 0.522 e. The molecule has 0 unspecified atom stereocenters. The van der Waals surface area contributed by atoms with Gasteiger partial charge in [0.25, 0.3) is 0 Å². The molecular formula is C21H21F3O4S2. The van der Waals surface area contributed by atoms with Crippen LogP contribution in [0.2, 0.25) is 0 Å². The Morgan fingerprint density at radius 3 is 1.87 bits per heavy atom. The minimum absolute atomic E-state index is 0. The Kier molecular flexibility index (Phi) is 9.41. The highest BCUT2D eigenvalue weighted by atomic mass is 32.2. The molecule has 1 N–H and O–H groups in total. The van der Waals surface area contributed by atoms with Crippen molar-refractivity contribution in [1.29, 1.82) is 0 Å². The second-order valence-electron chi connectivity index (χ2n) is 5.97. The molecular weight excluding hydrogens is 437 g/mol. The molecule has 0 atom stereocenters. The maximum absolute atomic E-state index is 10.7. The van der Waals surface area contributed by atoms with Crippen LogP contribution in [-0.2, 0) is 16.5 Å². The minimum Gasteiger partial charge on any atom is -0.497 e. The fourth-order valence-electron chi connectivity index (χ4n) is 2.54. The molecule has 0 heterocycles. The van der Waals surface area contributed by atoms with E-state index in [-0.39, 0.29) is 13.5 Å². The zero-order valence-electron chi connectivity index (χ0n) is 15.9. The van der Waals surface area contributed by atoms with E-state index in [9.17, 15) is 13.2 Å². The van der Waals surface area contributed by atoms with E-state index in [0.717, 1.165) is 12.2 Å². The SMILES string of the molecule is COc1ccc(Cc2ccccc2-c2ccccc2)cc1.O=S(=O)(O)C(F)(F)F.S. The van der Waals surface area contributed by atoms with Crippen molar-refractivity contribution in [3.8, 4) is 16.9 Å². The molecule has 0 saturated heterocycles. The van der Waals surface area contributed by atoms with Crippen molar-refractivity contribution in [2.24, 2.45) is 0 Å². The summed E-state index contributed by atoms with van der Waals surface area (Å²) in [6.45, 7) is 0. The Balaban J connectivity index is 0.000000431. The van der Waals surface area contributed by atoms with Gasteiger partial charge in [-0.15, -0.1) is 0 Å². The van der Waals surface area contributed by atoms with Crippen LogP contribution in [0.1, 0.15) is 11.1 Å². The Morgan fingerprint density at radius 1 is 0.867 bits per heavy atom. The predicted molar refractivity (Wildman–Crippen MR) is 116 cm³/mol. The van der Waals surface area contributed by atoms with Crippen LogP contribution >= 0.6 is 13.5 Å². The molecule has 0 aromatic heterocycles. The lowest BCUT2D eigenvalue weighted by Gasteiger charge is -2.10. The Bertz CT molecular complexity index is 1020. The summed E-state index contributed by atoms with van der Waals surface area (Å²) in [7, 11) is -4.15. The highest BCUT2D eigenvalue weighted by Crippen LogP contribution is 2.26. The quantitative estimate of drug-likeness (QED) is 0.417. The number of ether oxygens (including phenoxy) is 1. The van der Waals surface area contributed by atoms with Gasteiger partial charge in [0, 0.05) is 0 Å². The van der Waals surface area contributed by atoms with Gasteiger partial charge in [0.05, 0.1) is 7.11 Å². The summed E-state index contributed by atoms with van der Waals surface area (Å²) in [5.41, 5.74) is -0.337. The van der Waals surface area contributed by atoms with Gasteiger partial charge in [0.1, 0.15) is 5.75 Å². The fraction of sp³-hybridized carbons (Fsp3) is 0.143. The molecule has 0 bridgehead atoms. The van der Waals surface area contributed by atoms with Crippen LogP contribution in [0.25, 0.3) is 11.1 Å². The summed E-state index contributed by atoms with van der Waals surface area (Å²) in [4.78, 5) is 0. The van der Waals surface area contributed by atoms with Crippen LogP contribution in [0, 0.1) is 0 Å². The first-order chi connectivity index (χ1) is 13.6. The Hall–Kier alpha value is -2.49. The first-order valence-corrected chi connectivity index (χ1v) is 9.86. The second-order valence-corrected chi connectivity index (χ2v) is 7.38. The molecule has 3 aromatic rings. The molecule has 0 aliphatic heterocycles. The second kappa shape index (κ2) is 11.1. The Morgan fingerprint density at radius 2 is 1.37 bits per heavy atom. The molecule has 0 aliphatic rings. The van der Waals surface area contributed by atoms with Gasteiger partial charge < -0.3 is 4.74 Å². The van der Waals surface area contributed by atoms with Crippen molar-refractivity contribution >= 4 is 23.6 Å². The van der Waals surface area contributed by atoms with Crippen LogP contribution in [0.4, 0.5) is 13.2 Å². The number of hydrogen-bond donors (Lipinski definition) is 1. The lowest BCUT2D eigenvalue weighted by atomic mass is 9.95. The van der Waals surface area contributed by atoms with E-state index in [1.807, 2.05) is 12.1 Å². The molecule has 3 aromatic carbocycles. The van der Waals surface area contributed by atoms with E-state index in [1.165, 1.54) is 22.3 Å². The van der Waals surface area contributed by atoms with Gasteiger partial charge in [-0.3, -0.25) is 4.55 Å². The zero-order valence-corrected chi connectivity index (χ0v) is 17.7. The average Bonchev–Trinajstić information content (AvgIpc) is 2.69. The summed E-state index contributed by atoms with van der Waals surface area (Å²) in [5.74, 6) is 0.898. The topological polar surface area (TPSA) is 63.6 Å². The van der Waals surface area contributed by atoms with Crippen LogP contribution in [0.15, 0.2) is 78.9 Å². The number of alkyl halides is 3. The fourth-order valence-corrected chi connectivity index (χ4v) is 2.54. The standard InChI is InChI=1S/C20H18O.CHF3O3S.H2S/c1-21-19-13-11-16(12-14-19)15-18-9-5-6-10-20(18)17-7-3-2-4-8-17;2-1(3,4)8(5,6)7;/h2-14H,15H2,1H3;(H,5,6,7);1H2. The van der Waals surface area contributed by atoms with Gasteiger partial charge in [0.15, 0.2) is 0 Å². The van der Waals surface area contributed by atoms with E-state index in [2.05, 4.69) is 66.7 Å². The molecule has 9 heteroatoms. The van der Waals surface area contributed by atoms with Crippen LogP contribution in [0.5, 0.6) is 5.75 Å². The summed E-state index contributed by atoms with van der Waals surface area (Å²) in [5, 5.41) is 0.